The molecule has 1 aliphatic carbocycles. The molecular formula is C18H24N2. The molecule has 3 atom stereocenters. The van der Waals surface area contributed by atoms with Gasteiger partial charge in [0, 0.05) is 30.4 Å². The summed E-state index contributed by atoms with van der Waals surface area (Å²) in [6, 6.07) is 9.43. The van der Waals surface area contributed by atoms with E-state index in [-0.39, 0.29) is 0 Å². The molecule has 0 aliphatic heterocycles. The van der Waals surface area contributed by atoms with E-state index in [0.29, 0.717) is 6.04 Å². The van der Waals surface area contributed by atoms with Gasteiger partial charge in [0.15, 0.2) is 0 Å². The quantitative estimate of drug-likeness (QED) is 0.904. The summed E-state index contributed by atoms with van der Waals surface area (Å²) < 4.78 is 0. The Morgan fingerprint density at radius 3 is 2.90 bits per heavy atom. The van der Waals surface area contributed by atoms with Crippen molar-refractivity contribution in [1.29, 1.82) is 0 Å². The van der Waals surface area contributed by atoms with Crippen molar-refractivity contribution in [3.05, 3.63) is 42.2 Å². The number of hydrogen-bond acceptors (Lipinski definition) is 2. The Morgan fingerprint density at radius 2 is 2.05 bits per heavy atom. The van der Waals surface area contributed by atoms with Gasteiger partial charge >= 0.3 is 0 Å². The number of benzene rings is 1. The van der Waals surface area contributed by atoms with E-state index in [1.165, 1.54) is 35.6 Å². The summed E-state index contributed by atoms with van der Waals surface area (Å²) in [6.07, 6.45) is 7.84. The second-order valence-corrected chi connectivity index (χ2v) is 6.44. The summed E-state index contributed by atoms with van der Waals surface area (Å²) in [5.74, 6) is 1.69. The van der Waals surface area contributed by atoms with E-state index in [1.54, 1.807) is 0 Å². The van der Waals surface area contributed by atoms with Gasteiger partial charge in [-0.05, 0) is 54.2 Å². The maximum Gasteiger partial charge on any atom is 0.0346 e. The predicted molar refractivity (Wildman–Crippen MR) is 84.5 cm³/mol. The number of nitrogens with one attached hydrogen (secondary N) is 1. The van der Waals surface area contributed by atoms with E-state index in [4.69, 9.17) is 0 Å². The van der Waals surface area contributed by atoms with Crippen LogP contribution in [0.4, 0.5) is 0 Å². The summed E-state index contributed by atoms with van der Waals surface area (Å²) in [4.78, 5) is 4.16. The molecule has 2 nitrogen and oxygen atoms in total. The van der Waals surface area contributed by atoms with Crippen LogP contribution in [-0.4, -0.2) is 11.0 Å². The van der Waals surface area contributed by atoms with Crippen molar-refractivity contribution in [3.8, 4) is 0 Å². The summed E-state index contributed by atoms with van der Waals surface area (Å²) in [6.45, 7) is 5.74. The van der Waals surface area contributed by atoms with Gasteiger partial charge in [-0.25, -0.2) is 0 Å². The first kappa shape index (κ1) is 13.6. The highest BCUT2D eigenvalue weighted by molar-refractivity contribution is 5.81. The van der Waals surface area contributed by atoms with E-state index in [1.807, 2.05) is 12.4 Å². The monoisotopic (exact) mass is 268 g/mol. The fraction of sp³-hybridized carbons (Fsp3) is 0.500. The van der Waals surface area contributed by atoms with Gasteiger partial charge in [0.25, 0.3) is 0 Å². The van der Waals surface area contributed by atoms with Gasteiger partial charge in [-0.2, -0.15) is 0 Å². The van der Waals surface area contributed by atoms with Gasteiger partial charge in [-0.3, -0.25) is 4.98 Å². The molecule has 1 N–H and O–H groups in total. The van der Waals surface area contributed by atoms with E-state index in [9.17, 15) is 0 Å². The first-order valence-electron chi connectivity index (χ1n) is 7.78. The summed E-state index contributed by atoms with van der Waals surface area (Å²) in [5.41, 5.74) is 1.37. The topological polar surface area (TPSA) is 24.9 Å². The molecule has 0 bridgehead atoms. The van der Waals surface area contributed by atoms with Gasteiger partial charge in [-0.15, -0.1) is 0 Å². The van der Waals surface area contributed by atoms with Crippen molar-refractivity contribution in [1.82, 2.24) is 10.3 Å². The Labute approximate surface area is 121 Å². The number of hydrogen-bond donors (Lipinski definition) is 1. The number of pyridine rings is 1. The van der Waals surface area contributed by atoms with E-state index in [2.05, 4.69) is 48.4 Å². The number of nitrogens with zero attached hydrogens (tertiary/aromatic N) is 1. The Balaban J connectivity index is 1.65. The average molecular weight is 268 g/mol. The second kappa shape index (κ2) is 5.92. The van der Waals surface area contributed by atoms with Crippen molar-refractivity contribution < 1.29 is 0 Å². The summed E-state index contributed by atoms with van der Waals surface area (Å²) >= 11 is 0. The molecule has 1 heterocycles. The zero-order valence-corrected chi connectivity index (χ0v) is 12.5. The number of rotatable bonds is 3. The molecule has 0 radical (unpaired) electrons. The third-order valence-corrected chi connectivity index (χ3v) is 4.70. The van der Waals surface area contributed by atoms with Crippen LogP contribution in [0.1, 0.15) is 38.7 Å². The van der Waals surface area contributed by atoms with Crippen LogP contribution in [0, 0.1) is 11.8 Å². The molecule has 20 heavy (non-hydrogen) atoms. The Kier molecular flexibility index (Phi) is 4.02. The molecule has 2 heteroatoms. The van der Waals surface area contributed by atoms with Crippen molar-refractivity contribution in [2.75, 3.05) is 0 Å². The lowest BCUT2D eigenvalue weighted by Gasteiger charge is -2.33. The van der Waals surface area contributed by atoms with Crippen LogP contribution in [0.5, 0.6) is 0 Å². The maximum absolute atomic E-state index is 4.16. The van der Waals surface area contributed by atoms with Crippen LogP contribution in [-0.2, 0) is 6.54 Å². The van der Waals surface area contributed by atoms with Crippen LogP contribution in [0.25, 0.3) is 10.8 Å². The van der Waals surface area contributed by atoms with Crippen molar-refractivity contribution in [2.45, 2.75) is 45.7 Å². The molecule has 1 aromatic carbocycles. The molecule has 3 rings (SSSR count). The van der Waals surface area contributed by atoms with Crippen molar-refractivity contribution >= 4 is 10.8 Å². The van der Waals surface area contributed by atoms with Gasteiger partial charge in [-0.1, -0.05) is 26.0 Å². The van der Waals surface area contributed by atoms with Crippen LogP contribution in [0.2, 0.25) is 0 Å². The molecular weight excluding hydrogens is 244 g/mol. The average Bonchev–Trinajstić information content (AvgIpc) is 2.46. The van der Waals surface area contributed by atoms with Crippen LogP contribution < -0.4 is 5.32 Å². The third-order valence-electron chi connectivity index (χ3n) is 4.70. The standard InChI is InChI=1S/C18H24N2/c1-13-3-6-18(14(2)9-13)20-11-15-4-5-17-12-19-8-7-16(17)10-15/h4-5,7-8,10,12-14,18,20H,3,6,9,11H2,1-2H3. The molecule has 0 amide bonds. The SMILES string of the molecule is CC1CCC(NCc2ccc3cnccc3c2)C(C)C1. The number of fused-ring (bicyclic) bond motifs is 1. The van der Waals surface area contributed by atoms with E-state index >= 15 is 0 Å². The minimum atomic E-state index is 0.680. The van der Waals surface area contributed by atoms with E-state index in [0.717, 1.165) is 18.4 Å². The zero-order valence-electron chi connectivity index (χ0n) is 12.5. The molecule has 1 aliphatic rings. The van der Waals surface area contributed by atoms with Crippen LogP contribution in [0.15, 0.2) is 36.7 Å². The largest absolute Gasteiger partial charge is 0.310 e. The summed E-state index contributed by atoms with van der Waals surface area (Å²) in [5, 5.41) is 6.26. The third kappa shape index (κ3) is 3.01. The Hall–Kier alpha value is -1.41. The normalized spacial score (nSPS) is 26.8. The highest BCUT2D eigenvalue weighted by atomic mass is 14.9. The highest BCUT2D eigenvalue weighted by Gasteiger charge is 2.24. The lowest BCUT2D eigenvalue weighted by Crippen LogP contribution is -2.38. The van der Waals surface area contributed by atoms with Gasteiger partial charge in [0.2, 0.25) is 0 Å². The maximum atomic E-state index is 4.16. The minimum absolute atomic E-state index is 0.680. The lowest BCUT2D eigenvalue weighted by molar-refractivity contribution is 0.227. The molecule has 1 aromatic heterocycles. The molecule has 1 saturated carbocycles. The van der Waals surface area contributed by atoms with Gasteiger partial charge in [0.05, 0.1) is 0 Å². The second-order valence-electron chi connectivity index (χ2n) is 6.44. The fourth-order valence-corrected chi connectivity index (χ4v) is 3.46. The van der Waals surface area contributed by atoms with Crippen LogP contribution in [0.3, 0.4) is 0 Å². The lowest BCUT2D eigenvalue weighted by atomic mass is 9.80. The van der Waals surface area contributed by atoms with Crippen LogP contribution >= 0.6 is 0 Å². The van der Waals surface area contributed by atoms with Crippen molar-refractivity contribution in [2.24, 2.45) is 11.8 Å². The minimum Gasteiger partial charge on any atom is -0.310 e. The molecule has 106 valence electrons. The van der Waals surface area contributed by atoms with E-state index < -0.39 is 0 Å². The molecule has 3 unspecified atom stereocenters. The fourth-order valence-electron chi connectivity index (χ4n) is 3.46. The smallest absolute Gasteiger partial charge is 0.0346 e. The van der Waals surface area contributed by atoms with Gasteiger partial charge < -0.3 is 5.32 Å². The van der Waals surface area contributed by atoms with Crippen molar-refractivity contribution in [3.63, 3.8) is 0 Å². The number of aromatic nitrogens is 1. The first-order valence-corrected chi connectivity index (χ1v) is 7.78. The Morgan fingerprint density at radius 1 is 1.15 bits per heavy atom. The van der Waals surface area contributed by atoms with Gasteiger partial charge in [0.1, 0.15) is 0 Å². The predicted octanol–water partition coefficient (Wildman–Crippen LogP) is 4.15. The molecule has 0 saturated heterocycles. The first-order chi connectivity index (χ1) is 9.72. The molecule has 0 spiro atoms. The highest BCUT2D eigenvalue weighted by Crippen LogP contribution is 2.28. The summed E-state index contributed by atoms with van der Waals surface area (Å²) in [7, 11) is 0. The Bertz CT molecular complexity index is 578. The zero-order chi connectivity index (χ0) is 13.9. The molecule has 2 aromatic rings. The molecule has 1 fully saturated rings.